The Balaban J connectivity index is -0.000000241. The van der Waals surface area contributed by atoms with Crippen molar-refractivity contribution in [2.24, 2.45) is 0 Å². The first-order chi connectivity index (χ1) is 10.7. The molecule has 0 atom stereocenters. The van der Waals surface area contributed by atoms with E-state index in [1.54, 1.807) is 0 Å². The minimum absolute atomic E-state index is 0. The minimum atomic E-state index is -2.87. The van der Waals surface area contributed by atoms with Crippen LogP contribution in [0.2, 0.25) is 0 Å². The van der Waals surface area contributed by atoms with E-state index in [0.717, 1.165) is 0 Å². The fourth-order valence-corrected chi connectivity index (χ4v) is 1.15. The van der Waals surface area contributed by atoms with Crippen molar-refractivity contribution < 1.29 is 14.4 Å². The molecule has 0 fully saturated rings. The maximum Gasteiger partial charge on any atom is 0.363 e. The molecule has 3 nitrogen and oxygen atoms in total. The van der Waals surface area contributed by atoms with Crippen LogP contribution < -0.4 is 0 Å². The molecule has 0 spiro atoms. The van der Waals surface area contributed by atoms with Gasteiger partial charge in [0.1, 0.15) is 0 Å². The molecule has 3 aromatic carbocycles. The summed E-state index contributed by atoms with van der Waals surface area (Å²) in [4.78, 5) is 14.2. The van der Waals surface area contributed by atoms with Gasteiger partial charge in [0.2, 0.25) is 0 Å². The van der Waals surface area contributed by atoms with E-state index in [4.69, 9.17) is 14.4 Å². The summed E-state index contributed by atoms with van der Waals surface area (Å²) in [5, 5.41) is 0. The van der Waals surface area contributed by atoms with Crippen LogP contribution in [0.4, 0.5) is 0 Å². The second kappa shape index (κ2) is 23.9. The van der Waals surface area contributed by atoms with Gasteiger partial charge in [0.25, 0.3) is 0 Å². The topological polar surface area (TPSA) is 57.5 Å². The van der Waals surface area contributed by atoms with Crippen molar-refractivity contribution in [3.63, 3.8) is 0 Å². The summed E-state index contributed by atoms with van der Waals surface area (Å²) in [5.41, 5.74) is 0. The standard InChI is InChI=1S/3C6H6.2BrH.H2O3P/c3*1-2-4-6-5-3-1;;;1-4(2)3/h3*1-6H;2*1H;(H2,1,2,3). The zero-order valence-corrected chi connectivity index (χ0v) is 17.3. The number of halogens is 2. The SMILES string of the molecule is Br.Br.O=[P](O)O.c1ccccc1.c1ccccc1.c1ccccc1. The highest BCUT2D eigenvalue weighted by Gasteiger charge is 1.66. The summed E-state index contributed by atoms with van der Waals surface area (Å²) in [5.74, 6) is 0. The van der Waals surface area contributed by atoms with Crippen LogP contribution in [0.15, 0.2) is 109 Å². The second-order valence-corrected chi connectivity index (χ2v) is 4.22. The number of benzene rings is 3. The summed E-state index contributed by atoms with van der Waals surface area (Å²) in [6.45, 7) is 0. The molecular weight excluding hydrogens is 455 g/mol. The Hall–Kier alpha value is -1.36. The molecule has 0 aliphatic carbocycles. The maximum atomic E-state index is 8.70. The van der Waals surface area contributed by atoms with Gasteiger partial charge in [-0.1, -0.05) is 109 Å². The lowest BCUT2D eigenvalue weighted by Crippen LogP contribution is -1.47. The van der Waals surface area contributed by atoms with Gasteiger partial charge in [0.15, 0.2) is 0 Å². The van der Waals surface area contributed by atoms with Crippen molar-refractivity contribution in [1.29, 1.82) is 0 Å². The van der Waals surface area contributed by atoms with Gasteiger partial charge < -0.3 is 0 Å². The van der Waals surface area contributed by atoms with Crippen LogP contribution in [-0.4, -0.2) is 9.79 Å². The molecule has 0 saturated carbocycles. The van der Waals surface area contributed by atoms with E-state index in [1.165, 1.54) is 0 Å². The first-order valence-electron chi connectivity index (χ1n) is 6.58. The Labute approximate surface area is 165 Å². The third-order valence-electron chi connectivity index (χ3n) is 2.00. The van der Waals surface area contributed by atoms with Crippen LogP contribution in [0.5, 0.6) is 0 Å². The Morgan fingerprint density at radius 1 is 0.375 bits per heavy atom. The summed E-state index contributed by atoms with van der Waals surface area (Å²) in [6.07, 6.45) is 0. The highest BCUT2D eigenvalue weighted by molar-refractivity contribution is 8.93. The largest absolute Gasteiger partial charge is 0.363 e. The lowest BCUT2D eigenvalue weighted by molar-refractivity contribution is 0.405. The van der Waals surface area contributed by atoms with E-state index in [1.807, 2.05) is 109 Å². The third-order valence-corrected chi connectivity index (χ3v) is 2.00. The molecule has 0 amide bonds. The molecule has 1 radical (unpaired) electrons. The summed E-state index contributed by atoms with van der Waals surface area (Å²) in [6, 6.07) is 36.0. The monoisotopic (exact) mass is 475 g/mol. The van der Waals surface area contributed by atoms with E-state index < -0.39 is 8.25 Å². The third kappa shape index (κ3) is 28.8. The van der Waals surface area contributed by atoms with Crippen LogP contribution in [0, 0.1) is 0 Å². The molecule has 3 aromatic rings. The van der Waals surface area contributed by atoms with Gasteiger partial charge in [-0.15, -0.1) is 34.0 Å². The number of hydrogen-bond donors (Lipinski definition) is 2. The Morgan fingerprint density at radius 3 is 0.458 bits per heavy atom. The van der Waals surface area contributed by atoms with Gasteiger partial charge in [-0.25, -0.2) is 4.57 Å². The fourth-order valence-electron chi connectivity index (χ4n) is 1.15. The van der Waals surface area contributed by atoms with Gasteiger partial charge in [-0.05, 0) is 0 Å². The van der Waals surface area contributed by atoms with Crippen molar-refractivity contribution >= 4 is 42.2 Å². The lowest BCUT2D eigenvalue weighted by Gasteiger charge is -1.69. The lowest BCUT2D eigenvalue weighted by atomic mass is 10.4. The van der Waals surface area contributed by atoms with Crippen LogP contribution in [-0.2, 0) is 4.57 Å². The van der Waals surface area contributed by atoms with E-state index in [0.29, 0.717) is 0 Å². The molecule has 24 heavy (non-hydrogen) atoms. The average molecular weight is 477 g/mol. The molecule has 0 saturated heterocycles. The first-order valence-corrected chi connectivity index (χ1v) is 7.75. The van der Waals surface area contributed by atoms with Crippen molar-refractivity contribution in [1.82, 2.24) is 0 Å². The van der Waals surface area contributed by atoms with Crippen LogP contribution >= 0.6 is 42.2 Å². The zero-order chi connectivity index (χ0) is 16.3. The Morgan fingerprint density at radius 2 is 0.417 bits per heavy atom. The van der Waals surface area contributed by atoms with Crippen molar-refractivity contribution in [3.05, 3.63) is 109 Å². The van der Waals surface area contributed by atoms with Crippen LogP contribution in [0.25, 0.3) is 0 Å². The molecule has 3 rings (SSSR count). The second-order valence-electron chi connectivity index (χ2n) is 3.72. The van der Waals surface area contributed by atoms with Crippen LogP contribution in [0.3, 0.4) is 0 Å². The summed E-state index contributed by atoms with van der Waals surface area (Å²) < 4.78 is 8.70. The maximum absolute atomic E-state index is 8.70. The Bertz CT molecular complexity index is 396. The first kappa shape index (κ1) is 27.5. The van der Waals surface area contributed by atoms with E-state index in [-0.39, 0.29) is 34.0 Å². The molecule has 131 valence electrons. The van der Waals surface area contributed by atoms with E-state index in [9.17, 15) is 0 Å². The highest BCUT2D eigenvalue weighted by atomic mass is 79.9. The quantitative estimate of drug-likeness (QED) is 0.400. The predicted octanol–water partition coefficient (Wildman–Crippen LogP) is 5.84. The number of rotatable bonds is 0. The molecule has 0 unspecified atom stereocenters. The highest BCUT2D eigenvalue weighted by Crippen LogP contribution is 1.98. The molecule has 2 N–H and O–H groups in total. The fraction of sp³-hybridized carbons (Fsp3) is 0. The molecule has 0 heterocycles. The minimum Gasteiger partial charge on any atom is -0.298 e. The van der Waals surface area contributed by atoms with Crippen molar-refractivity contribution in [3.8, 4) is 0 Å². The van der Waals surface area contributed by atoms with E-state index in [2.05, 4.69) is 0 Å². The normalized spacial score (nSPS) is 7.08. The van der Waals surface area contributed by atoms with Gasteiger partial charge >= 0.3 is 8.25 Å². The van der Waals surface area contributed by atoms with Gasteiger partial charge in [0, 0.05) is 0 Å². The predicted molar refractivity (Wildman–Crippen MR) is 112 cm³/mol. The van der Waals surface area contributed by atoms with Gasteiger partial charge in [0.05, 0.1) is 0 Å². The van der Waals surface area contributed by atoms with Crippen molar-refractivity contribution in [2.75, 3.05) is 0 Å². The molecular formula is C18H22Br2O3P. The molecule has 0 bridgehead atoms. The summed E-state index contributed by atoms with van der Waals surface area (Å²) in [7, 11) is -2.87. The molecule has 0 aromatic heterocycles. The number of hydrogen-bond acceptors (Lipinski definition) is 1. The van der Waals surface area contributed by atoms with Crippen molar-refractivity contribution in [2.45, 2.75) is 0 Å². The Kier molecular flexibility index (Phi) is 27.4. The smallest absolute Gasteiger partial charge is 0.298 e. The van der Waals surface area contributed by atoms with Crippen LogP contribution in [0.1, 0.15) is 0 Å². The van der Waals surface area contributed by atoms with Gasteiger partial charge in [-0.2, -0.15) is 0 Å². The summed E-state index contributed by atoms with van der Waals surface area (Å²) >= 11 is 0. The average Bonchev–Trinajstić information content (AvgIpc) is 2.60. The zero-order valence-electron chi connectivity index (χ0n) is 13.0. The van der Waals surface area contributed by atoms with Gasteiger partial charge in [-0.3, -0.25) is 9.79 Å². The van der Waals surface area contributed by atoms with E-state index >= 15 is 0 Å². The molecule has 6 heteroatoms. The molecule has 0 aliphatic rings. The molecule has 0 aliphatic heterocycles.